The first-order valence-corrected chi connectivity index (χ1v) is 7.42. The van der Waals surface area contributed by atoms with Crippen LogP contribution in [0.1, 0.15) is 32.3 Å². The number of methoxy groups -OCH3 is 1. The lowest BCUT2D eigenvalue weighted by atomic mass is 9.81. The maximum atomic E-state index is 12.2. The molecule has 21 heavy (non-hydrogen) atoms. The summed E-state index contributed by atoms with van der Waals surface area (Å²) in [6.07, 6.45) is 1.94. The molecule has 0 aromatic heterocycles. The maximum Gasteiger partial charge on any atom is 0.161 e. The number of ether oxygens (including phenoxy) is 1. The minimum Gasteiger partial charge on any atom is -0.497 e. The average molecular weight is 280 g/mol. The van der Waals surface area contributed by atoms with E-state index in [-0.39, 0.29) is 5.92 Å². The number of fused-ring (bicyclic) bond motifs is 1. The molecule has 0 amide bonds. The molecule has 0 aliphatic heterocycles. The van der Waals surface area contributed by atoms with Gasteiger partial charge in [-0.05, 0) is 65.4 Å². The zero-order valence-corrected chi connectivity index (χ0v) is 12.8. The van der Waals surface area contributed by atoms with Gasteiger partial charge in [-0.3, -0.25) is 4.79 Å². The molecule has 3 rings (SSSR count). The first-order valence-electron chi connectivity index (χ1n) is 7.42. The molecule has 0 radical (unpaired) electrons. The van der Waals surface area contributed by atoms with Crippen molar-refractivity contribution in [1.29, 1.82) is 0 Å². The molecule has 2 aromatic rings. The summed E-state index contributed by atoms with van der Waals surface area (Å²) in [5.74, 6) is 1.33. The Hall–Kier alpha value is -2.09. The topological polar surface area (TPSA) is 26.3 Å². The molecule has 108 valence electrons. The summed E-state index contributed by atoms with van der Waals surface area (Å²) in [6.45, 7) is 3.99. The molecule has 0 saturated heterocycles. The minimum atomic E-state index is 0.165. The predicted octanol–water partition coefficient (Wildman–Crippen LogP) is 4.62. The van der Waals surface area contributed by atoms with Crippen molar-refractivity contribution in [3.63, 3.8) is 0 Å². The lowest BCUT2D eigenvalue weighted by Gasteiger charge is -2.22. The molecule has 0 spiro atoms. The van der Waals surface area contributed by atoms with Crippen LogP contribution >= 0.6 is 0 Å². The highest BCUT2D eigenvalue weighted by Gasteiger charge is 2.24. The number of hydrogen-bond donors (Lipinski definition) is 0. The van der Waals surface area contributed by atoms with E-state index in [1.54, 1.807) is 7.11 Å². The molecular formula is C19H20O2. The highest BCUT2D eigenvalue weighted by molar-refractivity contribution is 6.05. The largest absolute Gasteiger partial charge is 0.497 e. The fourth-order valence-electron chi connectivity index (χ4n) is 3.10. The van der Waals surface area contributed by atoms with Crippen molar-refractivity contribution in [2.75, 3.05) is 7.11 Å². The van der Waals surface area contributed by atoms with Crippen molar-refractivity contribution < 1.29 is 9.53 Å². The van der Waals surface area contributed by atoms with Crippen LogP contribution in [0.2, 0.25) is 0 Å². The molecule has 2 nitrogen and oxygen atoms in total. The van der Waals surface area contributed by atoms with Gasteiger partial charge in [0.1, 0.15) is 5.75 Å². The Kier molecular flexibility index (Phi) is 3.54. The molecule has 1 aliphatic rings. The third-order valence-electron chi connectivity index (χ3n) is 4.49. The highest BCUT2D eigenvalue weighted by atomic mass is 16.5. The lowest BCUT2D eigenvalue weighted by molar-refractivity contribution is -0.119. The molecular weight excluding hydrogens is 260 g/mol. The van der Waals surface area contributed by atoms with E-state index in [2.05, 4.69) is 24.3 Å². The fourth-order valence-corrected chi connectivity index (χ4v) is 3.10. The van der Waals surface area contributed by atoms with E-state index in [4.69, 9.17) is 4.74 Å². The Morgan fingerprint density at radius 1 is 1.10 bits per heavy atom. The summed E-state index contributed by atoms with van der Waals surface area (Å²) < 4.78 is 5.26. The quantitative estimate of drug-likeness (QED) is 0.802. The van der Waals surface area contributed by atoms with Crippen LogP contribution in [-0.2, 0) is 4.79 Å². The number of carbonyl (C=O) groups is 1. The van der Waals surface area contributed by atoms with E-state index in [9.17, 15) is 4.79 Å². The summed E-state index contributed by atoms with van der Waals surface area (Å²) in [5.41, 5.74) is 3.31. The molecule has 2 aromatic carbocycles. The number of benzene rings is 2. The maximum absolute atomic E-state index is 12.2. The first kappa shape index (κ1) is 13.9. The minimum absolute atomic E-state index is 0.165. The predicted molar refractivity (Wildman–Crippen MR) is 86.5 cm³/mol. The smallest absolute Gasteiger partial charge is 0.161 e. The van der Waals surface area contributed by atoms with Crippen LogP contribution in [0.25, 0.3) is 16.3 Å². The molecule has 2 heteroatoms. The zero-order chi connectivity index (χ0) is 15.0. The first-order chi connectivity index (χ1) is 10.1. The van der Waals surface area contributed by atoms with Gasteiger partial charge in [0, 0.05) is 5.92 Å². The Balaban J connectivity index is 2.07. The van der Waals surface area contributed by atoms with E-state index in [1.807, 2.05) is 26.0 Å². The van der Waals surface area contributed by atoms with Gasteiger partial charge in [-0.1, -0.05) is 25.1 Å². The highest BCUT2D eigenvalue weighted by Crippen LogP contribution is 2.34. The second-order valence-electron chi connectivity index (χ2n) is 5.84. The Morgan fingerprint density at radius 3 is 2.57 bits per heavy atom. The summed E-state index contributed by atoms with van der Waals surface area (Å²) in [5, 5.41) is 2.34. The van der Waals surface area contributed by atoms with Gasteiger partial charge in [-0.2, -0.15) is 0 Å². The zero-order valence-electron chi connectivity index (χ0n) is 12.8. The lowest BCUT2D eigenvalue weighted by Crippen LogP contribution is -2.18. The number of Topliss-reactive ketones (excluding diaryl/α,β-unsaturated/α-hetero) is 1. The SMILES string of the molecule is COc1ccc2cc(C3=C(C)C(=O)[C@H](C)CC3)ccc2c1. The van der Waals surface area contributed by atoms with Gasteiger partial charge < -0.3 is 4.74 Å². The van der Waals surface area contributed by atoms with E-state index in [0.717, 1.165) is 29.6 Å². The van der Waals surface area contributed by atoms with E-state index < -0.39 is 0 Å². The van der Waals surface area contributed by atoms with E-state index in [0.29, 0.717) is 5.78 Å². The van der Waals surface area contributed by atoms with Crippen LogP contribution in [0, 0.1) is 5.92 Å². The van der Waals surface area contributed by atoms with Gasteiger partial charge in [0.25, 0.3) is 0 Å². The third-order valence-corrected chi connectivity index (χ3v) is 4.49. The number of ketones is 1. The molecule has 0 fully saturated rings. The molecule has 1 atom stereocenters. The third kappa shape index (κ3) is 2.46. The van der Waals surface area contributed by atoms with Gasteiger partial charge in [-0.15, -0.1) is 0 Å². The van der Waals surface area contributed by atoms with Gasteiger partial charge in [0.05, 0.1) is 7.11 Å². The Labute approximate surface area is 125 Å². The van der Waals surface area contributed by atoms with Crippen LogP contribution in [0.15, 0.2) is 42.0 Å². The molecule has 0 N–H and O–H groups in total. The van der Waals surface area contributed by atoms with Crippen LogP contribution < -0.4 is 4.74 Å². The van der Waals surface area contributed by atoms with Crippen LogP contribution in [0.3, 0.4) is 0 Å². The van der Waals surface area contributed by atoms with Gasteiger partial charge in [0.15, 0.2) is 5.78 Å². The van der Waals surface area contributed by atoms with E-state index in [1.165, 1.54) is 16.5 Å². The molecule has 0 bridgehead atoms. The van der Waals surface area contributed by atoms with Crippen molar-refractivity contribution in [2.24, 2.45) is 5.92 Å². The molecule has 1 aliphatic carbocycles. The van der Waals surface area contributed by atoms with Crippen molar-refractivity contribution in [3.05, 3.63) is 47.5 Å². The second kappa shape index (κ2) is 5.36. The number of allylic oxidation sites excluding steroid dienone is 2. The van der Waals surface area contributed by atoms with Crippen molar-refractivity contribution >= 4 is 22.1 Å². The van der Waals surface area contributed by atoms with Crippen molar-refractivity contribution in [2.45, 2.75) is 26.7 Å². The average Bonchev–Trinajstić information content (AvgIpc) is 2.52. The molecule has 0 unspecified atom stereocenters. The molecule has 0 saturated carbocycles. The Bertz CT molecular complexity index is 740. The standard InChI is InChI=1S/C19H20O2/c1-12-4-9-18(13(2)19(12)20)16-6-5-15-11-17(21-3)8-7-14(15)10-16/h5-8,10-12H,4,9H2,1-3H3/t12-/m1/s1. The normalized spacial score (nSPS) is 19.2. The number of hydrogen-bond acceptors (Lipinski definition) is 2. The van der Waals surface area contributed by atoms with Crippen LogP contribution in [0.4, 0.5) is 0 Å². The summed E-state index contributed by atoms with van der Waals surface area (Å²) in [6, 6.07) is 12.5. The second-order valence-corrected chi connectivity index (χ2v) is 5.84. The fraction of sp³-hybridized carbons (Fsp3) is 0.316. The van der Waals surface area contributed by atoms with Crippen molar-refractivity contribution in [3.8, 4) is 5.75 Å². The number of carbonyl (C=O) groups excluding carboxylic acids is 1. The molecule has 0 heterocycles. The van der Waals surface area contributed by atoms with E-state index >= 15 is 0 Å². The van der Waals surface area contributed by atoms with Gasteiger partial charge >= 0.3 is 0 Å². The number of rotatable bonds is 2. The van der Waals surface area contributed by atoms with Gasteiger partial charge in [-0.25, -0.2) is 0 Å². The summed E-state index contributed by atoms with van der Waals surface area (Å²) >= 11 is 0. The van der Waals surface area contributed by atoms with Crippen molar-refractivity contribution in [1.82, 2.24) is 0 Å². The van der Waals surface area contributed by atoms with Gasteiger partial charge in [0.2, 0.25) is 0 Å². The van der Waals surface area contributed by atoms with Crippen LogP contribution in [-0.4, -0.2) is 12.9 Å². The van der Waals surface area contributed by atoms with Crippen LogP contribution in [0.5, 0.6) is 5.75 Å². The monoisotopic (exact) mass is 280 g/mol. The Morgan fingerprint density at radius 2 is 1.81 bits per heavy atom. The summed E-state index contributed by atoms with van der Waals surface area (Å²) in [7, 11) is 1.68. The summed E-state index contributed by atoms with van der Waals surface area (Å²) in [4.78, 5) is 12.2.